The van der Waals surface area contributed by atoms with Gasteiger partial charge in [-0.3, -0.25) is 25.6 Å². The van der Waals surface area contributed by atoms with E-state index in [0.29, 0.717) is 29.7 Å². The summed E-state index contributed by atoms with van der Waals surface area (Å²) in [6.07, 6.45) is 3.68. The number of unbranched alkanes of at least 4 members (excludes halogenated alkanes) is 2. The molecule has 1 aromatic heterocycles. The van der Waals surface area contributed by atoms with Crippen LogP contribution in [0.4, 0.5) is 11.9 Å². The number of hydroxylamine groups is 2. The summed E-state index contributed by atoms with van der Waals surface area (Å²) in [7, 11) is 0. The van der Waals surface area contributed by atoms with Crippen LogP contribution in [0.1, 0.15) is 52.3 Å². The van der Waals surface area contributed by atoms with Gasteiger partial charge in [0.05, 0.1) is 12.5 Å². The van der Waals surface area contributed by atoms with Crippen molar-refractivity contribution in [3.05, 3.63) is 5.82 Å². The summed E-state index contributed by atoms with van der Waals surface area (Å²) in [5.74, 6) is 0.428. The third kappa shape index (κ3) is 7.73. The summed E-state index contributed by atoms with van der Waals surface area (Å²) in [5, 5.41) is 9.92. The molecule has 10 nitrogen and oxygen atoms in total. The molecule has 0 saturated heterocycles. The topological polar surface area (TPSA) is 124 Å². The average Bonchev–Trinajstić information content (AvgIpc) is 2.66. The Balaban J connectivity index is 2.77. The number of hydrogen-bond acceptors (Lipinski definition) is 8. The summed E-state index contributed by atoms with van der Waals surface area (Å²) in [5.41, 5.74) is 5.28. The molecule has 0 aliphatic carbocycles. The zero-order chi connectivity index (χ0) is 20.2. The second kappa shape index (κ2) is 12.0. The fourth-order valence-corrected chi connectivity index (χ4v) is 2.61. The number of carbonyl (C=O) groups is 2. The Morgan fingerprint density at radius 3 is 2.48 bits per heavy atom. The van der Waals surface area contributed by atoms with Crippen molar-refractivity contribution in [1.29, 1.82) is 0 Å². The van der Waals surface area contributed by atoms with Crippen molar-refractivity contribution >= 4 is 24.2 Å². The molecule has 0 bridgehead atoms. The van der Waals surface area contributed by atoms with Gasteiger partial charge in [0.15, 0.2) is 0 Å². The molecule has 0 aliphatic heterocycles. The van der Waals surface area contributed by atoms with E-state index in [1.807, 2.05) is 18.7 Å². The van der Waals surface area contributed by atoms with Crippen LogP contribution in [0.15, 0.2) is 0 Å². The molecule has 10 heteroatoms. The van der Waals surface area contributed by atoms with Crippen molar-refractivity contribution < 1.29 is 14.8 Å². The summed E-state index contributed by atoms with van der Waals surface area (Å²) in [6.45, 7) is 9.27. The lowest BCUT2D eigenvalue weighted by atomic mass is 10.0. The third-order valence-electron chi connectivity index (χ3n) is 4.14. The van der Waals surface area contributed by atoms with Crippen molar-refractivity contribution in [1.82, 2.24) is 25.4 Å². The number of hydrogen-bond donors (Lipinski definition) is 3. The predicted octanol–water partition coefficient (Wildman–Crippen LogP) is 1.51. The highest BCUT2D eigenvalue weighted by molar-refractivity contribution is 5.80. The van der Waals surface area contributed by atoms with Gasteiger partial charge in [-0.2, -0.15) is 15.0 Å². The number of rotatable bonds is 13. The van der Waals surface area contributed by atoms with Crippen LogP contribution in [-0.2, 0) is 9.59 Å². The first kappa shape index (κ1) is 22.6. The van der Waals surface area contributed by atoms with E-state index in [4.69, 9.17) is 0 Å². The van der Waals surface area contributed by atoms with Crippen LogP contribution < -0.4 is 15.8 Å². The first-order valence-corrected chi connectivity index (χ1v) is 9.39. The highest BCUT2D eigenvalue weighted by Crippen LogP contribution is 2.13. The highest BCUT2D eigenvalue weighted by Gasteiger charge is 2.21. The van der Waals surface area contributed by atoms with Gasteiger partial charge >= 0.3 is 0 Å². The molecule has 1 unspecified atom stereocenters. The number of hydrazine groups is 1. The van der Waals surface area contributed by atoms with Crippen molar-refractivity contribution in [2.24, 2.45) is 5.92 Å². The Morgan fingerprint density at radius 1 is 1.19 bits per heavy atom. The first-order chi connectivity index (χ1) is 12.9. The molecule has 152 valence electrons. The third-order valence-corrected chi connectivity index (χ3v) is 4.14. The number of anilines is 2. The Hall–Kier alpha value is -2.49. The molecule has 0 saturated carbocycles. The summed E-state index contributed by atoms with van der Waals surface area (Å²) < 4.78 is 0. The van der Waals surface area contributed by atoms with Gasteiger partial charge in [-0.1, -0.05) is 26.2 Å². The van der Waals surface area contributed by atoms with Gasteiger partial charge < -0.3 is 4.90 Å². The van der Waals surface area contributed by atoms with Crippen LogP contribution in [0.25, 0.3) is 0 Å². The molecule has 0 radical (unpaired) electrons. The van der Waals surface area contributed by atoms with Crippen LogP contribution in [0.5, 0.6) is 0 Å². The molecular weight excluding hydrogens is 350 g/mol. The number of nitrogens with zero attached hydrogens (tertiary/aromatic N) is 5. The molecule has 2 amide bonds. The van der Waals surface area contributed by atoms with Gasteiger partial charge in [0.2, 0.25) is 24.2 Å². The molecule has 3 N–H and O–H groups in total. The van der Waals surface area contributed by atoms with Gasteiger partial charge in [-0.05, 0) is 27.2 Å². The van der Waals surface area contributed by atoms with E-state index in [9.17, 15) is 14.8 Å². The summed E-state index contributed by atoms with van der Waals surface area (Å²) in [4.78, 5) is 37.9. The van der Waals surface area contributed by atoms with E-state index in [1.165, 1.54) is 0 Å². The van der Waals surface area contributed by atoms with Gasteiger partial charge in [0, 0.05) is 13.1 Å². The van der Waals surface area contributed by atoms with Gasteiger partial charge in [-0.25, -0.2) is 5.06 Å². The summed E-state index contributed by atoms with van der Waals surface area (Å²) in [6, 6.07) is 0. The maximum Gasteiger partial charge on any atom is 0.246 e. The molecule has 0 aromatic carbocycles. The molecular formula is C17H31N7O3. The number of carbonyl (C=O) groups excluding carboxylic acids is 2. The van der Waals surface area contributed by atoms with Crippen molar-refractivity contribution in [2.45, 2.75) is 53.4 Å². The van der Waals surface area contributed by atoms with E-state index in [0.717, 1.165) is 32.4 Å². The number of nitrogens with one attached hydrogen (secondary N) is 2. The Labute approximate surface area is 160 Å². The summed E-state index contributed by atoms with van der Waals surface area (Å²) >= 11 is 0. The largest absolute Gasteiger partial charge is 0.341 e. The van der Waals surface area contributed by atoms with E-state index >= 15 is 0 Å². The molecule has 1 heterocycles. The lowest BCUT2D eigenvalue weighted by Crippen LogP contribution is -2.40. The number of aryl methyl sites for hydroxylation is 1. The minimum Gasteiger partial charge on any atom is -0.341 e. The minimum absolute atomic E-state index is 0.0678. The maximum absolute atomic E-state index is 12.5. The van der Waals surface area contributed by atoms with Crippen molar-refractivity contribution in [3.8, 4) is 0 Å². The van der Waals surface area contributed by atoms with E-state index in [2.05, 4.69) is 32.7 Å². The quantitative estimate of drug-likeness (QED) is 0.203. The fraction of sp³-hybridized carbons (Fsp3) is 0.706. The van der Waals surface area contributed by atoms with Gasteiger partial charge in [-0.15, -0.1) is 0 Å². The molecule has 1 aromatic rings. The number of amides is 2. The first-order valence-electron chi connectivity index (χ1n) is 9.39. The SMILES string of the molecule is CCCCCC(CN(O)C=O)C(=O)NNc1nc(C)nc(N(CC)CC)n1. The normalized spacial score (nSPS) is 11.6. The minimum atomic E-state index is -0.538. The Morgan fingerprint density at radius 2 is 1.89 bits per heavy atom. The average molecular weight is 381 g/mol. The van der Waals surface area contributed by atoms with Crippen LogP contribution in [0.2, 0.25) is 0 Å². The molecule has 1 rings (SSSR count). The zero-order valence-corrected chi connectivity index (χ0v) is 16.6. The lowest BCUT2D eigenvalue weighted by Gasteiger charge is -2.21. The molecule has 0 fully saturated rings. The molecule has 0 spiro atoms. The standard InChI is InChI=1S/C17H31N7O3/c1-5-8-9-10-14(11-24(27)12-25)15(26)21-22-16-18-13(4)19-17(20-16)23(6-2)7-3/h12,14,27H,5-11H2,1-4H3,(H,21,26)(H,18,19,20,22). The van der Waals surface area contributed by atoms with E-state index < -0.39 is 5.92 Å². The second-order valence-corrected chi connectivity index (χ2v) is 6.21. The zero-order valence-electron chi connectivity index (χ0n) is 16.6. The molecule has 27 heavy (non-hydrogen) atoms. The monoisotopic (exact) mass is 381 g/mol. The Kier molecular flexibility index (Phi) is 10.0. The fourth-order valence-electron chi connectivity index (χ4n) is 2.61. The van der Waals surface area contributed by atoms with Crippen molar-refractivity contribution in [2.75, 3.05) is 30.0 Å². The second-order valence-electron chi connectivity index (χ2n) is 6.21. The molecule has 1 atom stereocenters. The van der Waals surface area contributed by atoms with Gasteiger partial charge in [0.1, 0.15) is 5.82 Å². The smallest absolute Gasteiger partial charge is 0.246 e. The van der Waals surface area contributed by atoms with Crippen LogP contribution in [0.3, 0.4) is 0 Å². The van der Waals surface area contributed by atoms with Crippen LogP contribution in [-0.4, -0.2) is 57.2 Å². The van der Waals surface area contributed by atoms with Gasteiger partial charge in [0.25, 0.3) is 0 Å². The van der Waals surface area contributed by atoms with E-state index in [-0.39, 0.29) is 18.4 Å². The highest BCUT2D eigenvalue weighted by atomic mass is 16.5. The Bertz CT molecular complexity index is 596. The predicted molar refractivity (Wildman–Crippen MR) is 102 cm³/mol. The van der Waals surface area contributed by atoms with Crippen LogP contribution in [0, 0.1) is 12.8 Å². The molecule has 0 aliphatic rings. The van der Waals surface area contributed by atoms with Crippen molar-refractivity contribution in [3.63, 3.8) is 0 Å². The maximum atomic E-state index is 12.5. The lowest BCUT2D eigenvalue weighted by molar-refractivity contribution is -0.154. The van der Waals surface area contributed by atoms with Crippen LogP contribution >= 0.6 is 0 Å². The number of aromatic nitrogens is 3. The van der Waals surface area contributed by atoms with E-state index in [1.54, 1.807) is 6.92 Å².